The van der Waals surface area contributed by atoms with Crippen LogP contribution in [0.1, 0.15) is 34.1 Å². The van der Waals surface area contributed by atoms with E-state index in [4.69, 9.17) is 13.9 Å². The molecule has 2 heterocycles. The van der Waals surface area contributed by atoms with Crippen LogP contribution in [0.2, 0.25) is 0 Å². The van der Waals surface area contributed by atoms with E-state index < -0.39 is 37.1 Å². The lowest BCUT2D eigenvalue weighted by atomic mass is 9.89. The van der Waals surface area contributed by atoms with Gasteiger partial charge in [0.15, 0.2) is 0 Å². The van der Waals surface area contributed by atoms with Crippen molar-refractivity contribution in [2.75, 3.05) is 6.61 Å². The summed E-state index contributed by atoms with van der Waals surface area (Å²) in [5.74, 6) is 1.51. The van der Waals surface area contributed by atoms with Crippen molar-refractivity contribution in [2.45, 2.75) is 50.5 Å². The summed E-state index contributed by atoms with van der Waals surface area (Å²) in [5, 5.41) is 41.3. The molecule has 0 unspecified atom stereocenters. The number of aliphatic hydroxyl groups is 4. The maximum absolute atomic E-state index is 10.5. The van der Waals surface area contributed by atoms with E-state index in [1.165, 1.54) is 0 Å². The first kappa shape index (κ1) is 24.5. The van der Waals surface area contributed by atoms with Crippen LogP contribution in [0.15, 0.2) is 77.2 Å². The molecule has 1 aliphatic heterocycles. The zero-order chi connectivity index (χ0) is 25.2. The van der Waals surface area contributed by atoms with Gasteiger partial charge < -0.3 is 34.3 Å². The number of rotatable bonds is 7. The van der Waals surface area contributed by atoms with Crippen LogP contribution in [0.4, 0.5) is 0 Å². The summed E-state index contributed by atoms with van der Waals surface area (Å²) in [6, 6.07) is 23.4. The van der Waals surface area contributed by atoms with Crippen molar-refractivity contribution in [2.24, 2.45) is 0 Å². The SMILES string of the molecule is Cc1ccc([C@@H]2O[C@H](CO)[C@@H](O)[C@H](O)[C@H]2O)cc1Cc1ccc(OCc2cc3ccccc3o2)cc1. The number of aliphatic hydroxyl groups excluding tert-OH is 4. The molecule has 5 rings (SSSR count). The Morgan fingerprint density at radius 3 is 2.39 bits per heavy atom. The third-order valence-electron chi connectivity index (χ3n) is 6.77. The van der Waals surface area contributed by atoms with Gasteiger partial charge in [-0.3, -0.25) is 0 Å². The molecule has 4 aromatic rings. The summed E-state index contributed by atoms with van der Waals surface area (Å²) in [7, 11) is 0. The molecular weight excluding hydrogens is 460 g/mol. The highest BCUT2D eigenvalue weighted by Gasteiger charge is 2.43. The second-order valence-corrected chi connectivity index (χ2v) is 9.30. The van der Waals surface area contributed by atoms with Gasteiger partial charge >= 0.3 is 0 Å². The molecule has 0 aliphatic carbocycles. The van der Waals surface area contributed by atoms with Crippen LogP contribution in [0.25, 0.3) is 11.0 Å². The Hall–Kier alpha value is -3.20. The molecule has 0 bridgehead atoms. The topological polar surface area (TPSA) is 113 Å². The van der Waals surface area contributed by atoms with Crippen molar-refractivity contribution in [3.63, 3.8) is 0 Å². The fourth-order valence-corrected chi connectivity index (χ4v) is 4.62. The summed E-state index contributed by atoms with van der Waals surface area (Å²) >= 11 is 0. The van der Waals surface area contributed by atoms with E-state index in [-0.39, 0.29) is 0 Å². The average molecular weight is 491 g/mol. The minimum absolute atomic E-state index is 0.342. The second-order valence-electron chi connectivity index (χ2n) is 9.30. The highest BCUT2D eigenvalue weighted by atomic mass is 16.5. The Labute approximate surface area is 209 Å². The molecule has 0 saturated carbocycles. The first-order valence-electron chi connectivity index (χ1n) is 12.0. The lowest BCUT2D eigenvalue weighted by Gasteiger charge is -2.40. The normalized spacial score (nSPS) is 24.2. The molecule has 1 fully saturated rings. The van der Waals surface area contributed by atoms with Crippen molar-refractivity contribution in [3.8, 4) is 5.75 Å². The Kier molecular flexibility index (Phi) is 7.09. The van der Waals surface area contributed by atoms with Crippen LogP contribution in [0.5, 0.6) is 5.75 Å². The molecule has 0 amide bonds. The van der Waals surface area contributed by atoms with E-state index in [2.05, 4.69) is 0 Å². The Morgan fingerprint density at radius 2 is 1.64 bits per heavy atom. The first-order chi connectivity index (χ1) is 17.4. The highest BCUT2D eigenvalue weighted by Crippen LogP contribution is 2.33. The van der Waals surface area contributed by atoms with Crippen LogP contribution in [-0.4, -0.2) is 51.4 Å². The molecule has 4 N–H and O–H groups in total. The fraction of sp³-hybridized carbons (Fsp3) is 0.310. The van der Waals surface area contributed by atoms with Crippen LogP contribution in [0, 0.1) is 6.92 Å². The fourth-order valence-electron chi connectivity index (χ4n) is 4.62. The smallest absolute Gasteiger partial charge is 0.146 e. The number of fused-ring (bicyclic) bond motifs is 1. The number of hydrogen-bond donors (Lipinski definition) is 4. The Morgan fingerprint density at radius 1 is 0.861 bits per heavy atom. The third-order valence-corrected chi connectivity index (χ3v) is 6.77. The molecule has 5 atom stereocenters. The molecule has 7 nitrogen and oxygen atoms in total. The minimum Gasteiger partial charge on any atom is -0.486 e. The van der Waals surface area contributed by atoms with Crippen molar-refractivity contribution in [1.29, 1.82) is 0 Å². The van der Waals surface area contributed by atoms with Gasteiger partial charge in [0.2, 0.25) is 0 Å². The first-order valence-corrected chi connectivity index (χ1v) is 12.0. The molecule has 0 radical (unpaired) electrons. The van der Waals surface area contributed by atoms with E-state index in [9.17, 15) is 20.4 Å². The molecule has 7 heteroatoms. The standard InChI is InChI=1S/C29H30O7/c1-17-6-9-20(29-28(33)27(32)26(31)25(15-30)36-29)13-21(17)12-18-7-10-22(11-8-18)34-16-23-14-19-4-2-3-5-24(19)35-23/h2-11,13-14,25-33H,12,15-16H2,1H3/t25-,26-,27+,28-,29+/m1/s1. The lowest BCUT2D eigenvalue weighted by Crippen LogP contribution is -2.55. The van der Waals surface area contributed by atoms with Crippen molar-refractivity contribution >= 4 is 11.0 Å². The van der Waals surface area contributed by atoms with Gasteiger partial charge in [-0.25, -0.2) is 0 Å². The summed E-state index contributed by atoms with van der Waals surface area (Å²) in [6.45, 7) is 1.90. The molecule has 3 aromatic carbocycles. The number of hydrogen-bond acceptors (Lipinski definition) is 7. The van der Waals surface area contributed by atoms with E-state index in [1.807, 2.05) is 79.7 Å². The van der Waals surface area contributed by atoms with E-state index in [0.717, 1.165) is 39.2 Å². The zero-order valence-electron chi connectivity index (χ0n) is 19.9. The molecule has 1 saturated heterocycles. The van der Waals surface area contributed by atoms with Gasteiger partial charge in [-0.05, 0) is 59.9 Å². The number of aryl methyl sites for hydroxylation is 1. The van der Waals surface area contributed by atoms with Gasteiger partial charge in [-0.2, -0.15) is 0 Å². The Balaban J connectivity index is 1.26. The van der Waals surface area contributed by atoms with Crippen LogP contribution < -0.4 is 4.74 Å². The van der Waals surface area contributed by atoms with Gasteiger partial charge in [-0.15, -0.1) is 0 Å². The predicted octanol–water partition coefficient (Wildman–Crippen LogP) is 3.43. The molecule has 0 spiro atoms. The summed E-state index contributed by atoms with van der Waals surface area (Å²) < 4.78 is 17.4. The van der Waals surface area contributed by atoms with Crippen LogP contribution in [0.3, 0.4) is 0 Å². The molecule has 188 valence electrons. The monoisotopic (exact) mass is 490 g/mol. The van der Waals surface area contributed by atoms with Gasteiger partial charge in [0.1, 0.15) is 54.2 Å². The maximum atomic E-state index is 10.5. The Bertz CT molecular complexity index is 1280. The van der Waals surface area contributed by atoms with Crippen molar-refractivity contribution in [1.82, 2.24) is 0 Å². The second kappa shape index (κ2) is 10.4. The van der Waals surface area contributed by atoms with Crippen LogP contribution in [-0.2, 0) is 17.8 Å². The van der Waals surface area contributed by atoms with Crippen molar-refractivity contribution < 1.29 is 34.3 Å². The molecule has 1 aromatic heterocycles. The van der Waals surface area contributed by atoms with Gasteiger partial charge in [0.25, 0.3) is 0 Å². The number of ether oxygens (including phenoxy) is 2. The van der Waals surface area contributed by atoms with E-state index >= 15 is 0 Å². The van der Waals surface area contributed by atoms with E-state index in [1.54, 1.807) is 0 Å². The lowest BCUT2D eigenvalue weighted by molar-refractivity contribution is -0.231. The summed E-state index contributed by atoms with van der Waals surface area (Å²) in [4.78, 5) is 0. The van der Waals surface area contributed by atoms with Crippen LogP contribution >= 0.6 is 0 Å². The largest absolute Gasteiger partial charge is 0.486 e. The maximum Gasteiger partial charge on any atom is 0.146 e. The van der Waals surface area contributed by atoms with Gasteiger partial charge in [-0.1, -0.05) is 48.5 Å². The van der Waals surface area contributed by atoms with E-state index in [0.29, 0.717) is 18.6 Å². The number of para-hydroxylation sites is 1. The predicted molar refractivity (Wildman–Crippen MR) is 134 cm³/mol. The molecular formula is C29H30O7. The van der Waals surface area contributed by atoms with Gasteiger partial charge in [0.05, 0.1) is 6.61 Å². The van der Waals surface area contributed by atoms with Crippen molar-refractivity contribution in [3.05, 3.63) is 101 Å². The quantitative estimate of drug-likeness (QED) is 0.314. The summed E-state index contributed by atoms with van der Waals surface area (Å²) in [6.07, 6.45) is -5.22. The van der Waals surface area contributed by atoms with Gasteiger partial charge in [0, 0.05) is 5.39 Å². The minimum atomic E-state index is -1.40. The molecule has 36 heavy (non-hydrogen) atoms. The zero-order valence-corrected chi connectivity index (χ0v) is 19.9. The highest BCUT2D eigenvalue weighted by molar-refractivity contribution is 5.77. The average Bonchev–Trinajstić information content (AvgIpc) is 3.32. The third kappa shape index (κ3) is 5.02. The number of furan rings is 1. The molecule has 1 aliphatic rings. The summed E-state index contributed by atoms with van der Waals surface area (Å²) in [5.41, 5.74) is 4.72. The number of benzene rings is 3.